The lowest BCUT2D eigenvalue weighted by Crippen LogP contribution is -2.29. The maximum Gasteiger partial charge on any atom is 0.253 e. The Hall–Kier alpha value is -3.08. The largest absolute Gasteiger partial charge is 0.361 e. The minimum absolute atomic E-state index is 0.0235. The number of carbonyl (C=O) groups excluding carboxylic acids is 1. The number of aromatic nitrogens is 3. The van der Waals surface area contributed by atoms with Crippen molar-refractivity contribution in [2.24, 2.45) is 0 Å². The quantitative estimate of drug-likeness (QED) is 0.599. The van der Waals surface area contributed by atoms with Crippen LogP contribution in [0.4, 0.5) is 0 Å². The average Bonchev–Trinajstić information content (AvgIpc) is 3.25. The van der Waals surface area contributed by atoms with Crippen LogP contribution in [0.3, 0.4) is 0 Å². The molecular formula is C20H20N4O. The number of H-pyrrole nitrogens is 2. The van der Waals surface area contributed by atoms with Crippen LogP contribution < -0.4 is 0 Å². The van der Waals surface area contributed by atoms with Crippen LogP contribution in [0.15, 0.2) is 48.7 Å². The van der Waals surface area contributed by atoms with Crippen LogP contribution in [0.2, 0.25) is 0 Å². The van der Waals surface area contributed by atoms with Gasteiger partial charge in [-0.25, -0.2) is 4.98 Å². The van der Waals surface area contributed by atoms with Gasteiger partial charge in [-0.15, -0.1) is 0 Å². The molecule has 126 valence electrons. The third-order valence-electron chi connectivity index (χ3n) is 4.59. The first-order valence-corrected chi connectivity index (χ1v) is 8.38. The second-order valence-corrected chi connectivity index (χ2v) is 6.41. The lowest BCUT2D eigenvalue weighted by Gasteiger charge is -2.16. The van der Waals surface area contributed by atoms with Gasteiger partial charge in [-0.05, 0) is 42.8 Å². The predicted octanol–water partition coefficient (Wildman–Crippen LogP) is 3.67. The molecule has 2 N–H and O–H groups in total. The van der Waals surface area contributed by atoms with E-state index in [-0.39, 0.29) is 5.91 Å². The Morgan fingerprint density at radius 3 is 2.88 bits per heavy atom. The van der Waals surface area contributed by atoms with Crippen molar-refractivity contribution in [3.8, 4) is 0 Å². The molecule has 0 saturated carbocycles. The SMILES string of the molecule is Cc1cccc2[nH]c(CCN(C)C(=O)c3ccc4[nH]ccc4c3)nc12. The lowest BCUT2D eigenvalue weighted by atomic mass is 10.1. The summed E-state index contributed by atoms with van der Waals surface area (Å²) in [6.07, 6.45) is 2.58. The monoisotopic (exact) mass is 332 g/mol. The van der Waals surface area contributed by atoms with Gasteiger partial charge in [0.2, 0.25) is 0 Å². The van der Waals surface area contributed by atoms with Crippen LogP contribution in [-0.2, 0) is 6.42 Å². The number of hydrogen-bond donors (Lipinski definition) is 2. The molecule has 25 heavy (non-hydrogen) atoms. The highest BCUT2D eigenvalue weighted by Gasteiger charge is 2.13. The van der Waals surface area contributed by atoms with E-state index in [1.165, 1.54) is 0 Å². The second kappa shape index (κ2) is 6.09. The number of carbonyl (C=O) groups is 1. The van der Waals surface area contributed by atoms with Gasteiger partial charge in [-0.2, -0.15) is 0 Å². The molecule has 2 aromatic carbocycles. The normalized spacial score (nSPS) is 11.3. The molecule has 0 bridgehead atoms. The molecule has 0 aliphatic heterocycles. The first-order chi connectivity index (χ1) is 12.1. The minimum atomic E-state index is 0.0235. The van der Waals surface area contributed by atoms with Gasteiger partial charge in [0.05, 0.1) is 11.0 Å². The summed E-state index contributed by atoms with van der Waals surface area (Å²) in [6, 6.07) is 13.8. The highest BCUT2D eigenvalue weighted by Crippen LogP contribution is 2.17. The summed E-state index contributed by atoms with van der Waals surface area (Å²) in [5.41, 5.74) is 4.95. The van der Waals surface area contributed by atoms with E-state index in [1.54, 1.807) is 4.90 Å². The fourth-order valence-corrected chi connectivity index (χ4v) is 3.13. The van der Waals surface area contributed by atoms with Crippen molar-refractivity contribution in [2.45, 2.75) is 13.3 Å². The Morgan fingerprint density at radius 2 is 2.04 bits per heavy atom. The molecule has 0 aliphatic rings. The molecule has 0 fully saturated rings. The molecule has 0 aliphatic carbocycles. The molecule has 4 rings (SSSR count). The van der Waals surface area contributed by atoms with Gasteiger partial charge >= 0.3 is 0 Å². The third-order valence-corrected chi connectivity index (χ3v) is 4.59. The van der Waals surface area contributed by atoms with Gasteiger partial charge in [0.25, 0.3) is 5.91 Å². The van der Waals surface area contributed by atoms with Gasteiger partial charge in [-0.1, -0.05) is 12.1 Å². The summed E-state index contributed by atoms with van der Waals surface area (Å²) >= 11 is 0. The second-order valence-electron chi connectivity index (χ2n) is 6.41. The smallest absolute Gasteiger partial charge is 0.253 e. The first-order valence-electron chi connectivity index (χ1n) is 8.38. The molecule has 2 heterocycles. The Kier molecular flexibility index (Phi) is 3.76. The number of rotatable bonds is 4. The summed E-state index contributed by atoms with van der Waals surface area (Å²) in [5.74, 6) is 0.931. The van der Waals surface area contributed by atoms with Gasteiger partial charge in [0, 0.05) is 42.7 Å². The van der Waals surface area contributed by atoms with Gasteiger partial charge in [0.1, 0.15) is 5.82 Å². The van der Waals surface area contributed by atoms with Crippen molar-refractivity contribution in [3.05, 3.63) is 65.6 Å². The zero-order valence-electron chi connectivity index (χ0n) is 14.3. The molecule has 0 spiro atoms. The number of hydrogen-bond acceptors (Lipinski definition) is 2. The summed E-state index contributed by atoms with van der Waals surface area (Å²) in [6.45, 7) is 2.67. The van der Waals surface area contributed by atoms with E-state index in [1.807, 2.05) is 49.6 Å². The number of nitrogens with zero attached hydrogens (tertiary/aromatic N) is 2. The number of nitrogens with one attached hydrogen (secondary N) is 2. The van der Waals surface area contributed by atoms with Crippen molar-refractivity contribution >= 4 is 27.8 Å². The third kappa shape index (κ3) is 2.89. The molecular weight excluding hydrogens is 312 g/mol. The van der Waals surface area contributed by atoms with Crippen molar-refractivity contribution in [3.63, 3.8) is 0 Å². The zero-order valence-corrected chi connectivity index (χ0v) is 14.3. The number of para-hydroxylation sites is 1. The molecule has 0 unspecified atom stereocenters. The molecule has 4 aromatic rings. The molecule has 0 radical (unpaired) electrons. The number of imidazole rings is 1. The van der Waals surface area contributed by atoms with Crippen molar-refractivity contribution in [2.75, 3.05) is 13.6 Å². The lowest BCUT2D eigenvalue weighted by molar-refractivity contribution is 0.0796. The summed E-state index contributed by atoms with van der Waals surface area (Å²) in [5, 5.41) is 1.05. The topological polar surface area (TPSA) is 64.8 Å². The Bertz CT molecular complexity index is 1060. The van der Waals surface area contributed by atoms with E-state index in [0.29, 0.717) is 18.5 Å². The minimum Gasteiger partial charge on any atom is -0.361 e. The molecule has 0 saturated heterocycles. The standard InChI is InChI=1S/C20H20N4O/c1-13-4-3-5-17-19(13)23-18(22-17)9-11-24(2)20(25)15-6-7-16-14(12-15)8-10-21-16/h3-8,10,12,21H,9,11H2,1-2H3,(H,22,23). The summed E-state index contributed by atoms with van der Waals surface area (Å²) in [4.78, 5) is 25.5. The zero-order chi connectivity index (χ0) is 17.4. The van der Waals surface area contributed by atoms with Crippen molar-refractivity contribution < 1.29 is 4.79 Å². The first kappa shape index (κ1) is 15.4. The number of amides is 1. The van der Waals surface area contributed by atoms with Gasteiger partial charge in [0.15, 0.2) is 0 Å². The highest BCUT2D eigenvalue weighted by atomic mass is 16.2. The maximum absolute atomic E-state index is 12.6. The van der Waals surface area contributed by atoms with Crippen molar-refractivity contribution in [1.29, 1.82) is 0 Å². The number of likely N-dealkylation sites (N-methyl/N-ethyl adjacent to an activating group) is 1. The average molecular weight is 332 g/mol. The van der Waals surface area contributed by atoms with E-state index in [2.05, 4.69) is 27.9 Å². The van der Waals surface area contributed by atoms with E-state index in [4.69, 9.17) is 0 Å². The number of benzene rings is 2. The highest BCUT2D eigenvalue weighted by molar-refractivity contribution is 5.97. The van der Waals surface area contributed by atoms with E-state index in [0.717, 1.165) is 33.3 Å². The number of fused-ring (bicyclic) bond motifs is 2. The summed E-state index contributed by atoms with van der Waals surface area (Å²) in [7, 11) is 1.83. The van der Waals surface area contributed by atoms with Crippen LogP contribution in [0.25, 0.3) is 21.9 Å². The van der Waals surface area contributed by atoms with Crippen molar-refractivity contribution in [1.82, 2.24) is 19.9 Å². The summed E-state index contributed by atoms with van der Waals surface area (Å²) < 4.78 is 0. The molecule has 2 aromatic heterocycles. The molecule has 0 atom stereocenters. The van der Waals surface area contributed by atoms with Crippen LogP contribution in [-0.4, -0.2) is 39.4 Å². The van der Waals surface area contributed by atoms with E-state index < -0.39 is 0 Å². The van der Waals surface area contributed by atoms with Crippen LogP contribution in [0.1, 0.15) is 21.7 Å². The van der Waals surface area contributed by atoms with E-state index in [9.17, 15) is 4.79 Å². The van der Waals surface area contributed by atoms with Gasteiger partial charge < -0.3 is 14.9 Å². The number of aryl methyl sites for hydroxylation is 1. The van der Waals surface area contributed by atoms with Crippen LogP contribution in [0, 0.1) is 6.92 Å². The van der Waals surface area contributed by atoms with Crippen LogP contribution >= 0.6 is 0 Å². The Morgan fingerprint density at radius 1 is 1.16 bits per heavy atom. The predicted molar refractivity (Wildman–Crippen MR) is 99.8 cm³/mol. The Labute approximate surface area is 145 Å². The van der Waals surface area contributed by atoms with Gasteiger partial charge in [-0.3, -0.25) is 4.79 Å². The fourth-order valence-electron chi connectivity index (χ4n) is 3.13. The fraction of sp³-hybridized carbons (Fsp3) is 0.200. The van der Waals surface area contributed by atoms with E-state index >= 15 is 0 Å². The van der Waals surface area contributed by atoms with Crippen LogP contribution in [0.5, 0.6) is 0 Å². The molecule has 5 heteroatoms. The number of aromatic amines is 2. The Balaban J connectivity index is 1.47. The molecule has 5 nitrogen and oxygen atoms in total. The molecule has 1 amide bonds. The maximum atomic E-state index is 12.6.